The summed E-state index contributed by atoms with van der Waals surface area (Å²) in [4.78, 5) is 15.6. The molecule has 0 bridgehead atoms. The molecule has 4 nitrogen and oxygen atoms in total. The predicted octanol–water partition coefficient (Wildman–Crippen LogP) is 1.52. The molecule has 0 fully saturated rings. The highest BCUT2D eigenvalue weighted by atomic mass is 19.2. The van der Waals surface area contributed by atoms with Crippen LogP contribution in [0.3, 0.4) is 0 Å². The summed E-state index contributed by atoms with van der Waals surface area (Å²) in [6.45, 7) is 0. The number of halogens is 2. The van der Waals surface area contributed by atoms with Gasteiger partial charge < -0.3 is 0 Å². The van der Waals surface area contributed by atoms with Crippen molar-refractivity contribution >= 4 is 5.78 Å². The zero-order chi connectivity index (χ0) is 12.4. The van der Waals surface area contributed by atoms with Crippen molar-refractivity contribution in [2.45, 2.75) is 6.42 Å². The minimum Gasteiger partial charge on any atom is -0.294 e. The van der Waals surface area contributed by atoms with E-state index in [-0.39, 0.29) is 17.8 Å². The molecule has 0 amide bonds. The molecule has 17 heavy (non-hydrogen) atoms. The third-order valence-corrected chi connectivity index (χ3v) is 2.37. The van der Waals surface area contributed by atoms with Crippen LogP contribution in [-0.4, -0.2) is 20.5 Å². The highest BCUT2D eigenvalue weighted by Gasteiger charge is 2.12. The lowest BCUT2D eigenvalue weighted by molar-refractivity contribution is 0.0989. The van der Waals surface area contributed by atoms with Gasteiger partial charge in [-0.2, -0.15) is 5.10 Å². The van der Waals surface area contributed by atoms with Gasteiger partial charge in [0.1, 0.15) is 12.2 Å². The summed E-state index contributed by atoms with van der Waals surface area (Å²) in [7, 11) is 1.65. The molecule has 0 saturated carbocycles. The summed E-state index contributed by atoms with van der Waals surface area (Å²) in [6.07, 6.45) is 1.33. The molecule has 2 aromatic rings. The van der Waals surface area contributed by atoms with E-state index >= 15 is 0 Å². The Bertz CT molecular complexity index is 566. The number of Topliss-reactive ketones (excluding diaryl/α,β-unsaturated/α-hetero) is 1. The molecule has 1 aromatic carbocycles. The summed E-state index contributed by atoms with van der Waals surface area (Å²) in [6, 6.07) is 3.06. The van der Waals surface area contributed by atoms with Gasteiger partial charge in [-0.05, 0) is 18.2 Å². The smallest absolute Gasteiger partial charge is 0.170 e. The SMILES string of the molecule is Cn1ncnc1CC(=O)c1ccc(F)c(F)c1. The molecule has 1 heterocycles. The molecule has 0 aliphatic rings. The third-order valence-electron chi connectivity index (χ3n) is 2.37. The maximum atomic E-state index is 12.9. The number of benzene rings is 1. The van der Waals surface area contributed by atoms with Crippen LogP contribution in [0.1, 0.15) is 16.2 Å². The van der Waals surface area contributed by atoms with Crippen LogP contribution in [0.2, 0.25) is 0 Å². The first kappa shape index (κ1) is 11.4. The van der Waals surface area contributed by atoms with E-state index in [2.05, 4.69) is 10.1 Å². The first-order valence-electron chi connectivity index (χ1n) is 4.89. The summed E-state index contributed by atoms with van der Waals surface area (Å²) in [5, 5.41) is 3.81. The molecular formula is C11H9F2N3O. The van der Waals surface area contributed by atoms with Crippen LogP contribution in [0.4, 0.5) is 8.78 Å². The van der Waals surface area contributed by atoms with Gasteiger partial charge in [0.2, 0.25) is 0 Å². The van der Waals surface area contributed by atoms with Crippen LogP contribution < -0.4 is 0 Å². The first-order chi connectivity index (χ1) is 8.08. The van der Waals surface area contributed by atoms with Gasteiger partial charge in [0.05, 0.1) is 6.42 Å². The second kappa shape index (κ2) is 4.40. The first-order valence-corrected chi connectivity index (χ1v) is 4.89. The Labute approximate surface area is 95.9 Å². The molecule has 0 aliphatic heterocycles. The monoisotopic (exact) mass is 237 g/mol. The van der Waals surface area contributed by atoms with E-state index in [1.54, 1.807) is 7.05 Å². The zero-order valence-corrected chi connectivity index (χ0v) is 9.02. The Hall–Kier alpha value is -2.11. The molecule has 88 valence electrons. The van der Waals surface area contributed by atoms with Crippen LogP contribution in [0.15, 0.2) is 24.5 Å². The third kappa shape index (κ3) is 2.35. The fraction of sp³-hybridized carbons (Fsp3) is 0.182. The molecular weight excluding hydrogens is 228 g/mol. The minimum absolute atomic E-state index is 0.00156. The lowest BCUT2D eigenvalue weighted by Gasteiger charge is -2.01. The van der Waals surface area contributed by atoms with Crippen molar-refractivity contribution in [2.75, 3.05) is 0 Å². The average molecular weight is 237 g/mol. The van der Waals surface area contributed by atoms with Gasteiger partial charge in [0.15, 0.2) is 17.4 Å². The van der Waals surface area contributed by atoms with Crippen molar-refractivity contribution in [1.29, 1.82) is 0 Å². The van der Waals surface area contributed by atoms with E-state index in [0.29, 0.717) is 5.82 Å². The normalized spacial score (nSPS) is 10.5. The number of carbonyl (C=O) groups is 1. The number of rotatable bonds is 3. The summed E-state index contributed by atoms with van der Waals surface area (Å²) >= 11 is 0. The lowest BCUT2D eigenvalue weighted by atomic mass is 10.1. The van der Waals surface area contributed by atoms with Gasteiger partial charge in [-0.15, -0.1) is 0 Å². The van der Waals surface area contributed by atoms with Crippen LogP contribution in [0, 0.1) is 11.6 Å². The Morgan fingerprint density at radius 1 is 1.35 bits per heavy atom. The van der Waals surface area contributed by atoms with Gasteiger partial charge in [0, 0.05) is 12.6 Å². The molecule has 2 rings (SSSR count). The molecule has 0 atom stereocenters. The molecule has 0 unspecified atom stereocenters. The number of hydrogen-bond donors (Lipinski definition) is 0. The number of hydrogen-bond acceptors (Lipinski definition) is 3. The molecule has 0 spiro atoms. The summed E-state index contributed by atoms with van der Waals surface area (Å²) in [5.41, 5.74) is 0.118. The second-order valence-electron chi connectivity index (χ2n) is 3.53. The fourth-order valence-corrected chi connectivity index (χ4v) is 1.40. The van der Waals surface area contributed by atoms with Crippen LogP contribution in [0.25, 0.3) is 0 Å². The summed E-state index contributed by atoms with van der Waals surface area (Å²) in [5.74, 6) is -1.87. The molecule has 1 aromatic heterocycles. The number of ketones is 1. The molecule has 0 aliphatic carbocycles. The van der Waals surface area contributed by atoms with Crippen molar-refractivity contribution in [1.82, 2.24) is 14.8 Å². The number of aryl methyl sites for hydroxylation is 1. The van der Waals surface area contributed by atoms with Gasteiger partial charge >= 0.3 is 0 Å². The average Bonchev–Trinajstić information content (AvgIpc) is 2.68. The largest absolute Gasteiger partial charge is 0.294 e. The topological polar surface area (TPSA) is 47.8 Å². The number of aromatic nitrogens is 3. The van der Waals surface area contributed by atoms with Crippen molar-refractivity contribution in [3.05, 3.63) is 47.5 Å². The molecule has 0 radical (unpaired) electrons. The number of nitrogens with zero attached hydrogens (tertiary/aromatic N) is 3. The lowest BCUT2D eigenvalue weighted by Crippen LogP contribution is -2.09. The van der Waals surface area contributed by atoms with Crippen molar-refractivity contribution in [3.8, 4) is 0 Å². The molecule has 6 heteroatoms. The Morgan fingerprint density at radius 3 is 2.71 bits per heavy atom. The van der Waals surface area contributed by atoms with Crippen LogP contribution in [-0.2, 0) is 13.5 Å². The standard InChI is InChI=1S/C11H9F2N3O/c1-16-11(14-6-15-16)5-10(17)7-2-3-8(12)9(13)4-7/h2-4,6H,5H2,1H3. The second-order valence-corrected chi connectivity index (χ2v) is 3.53. The van der Waals surface area contributed by atoms with E-state index in [4.69, 9.17) is 0 Å². The van der Waals surface area contributed by atoms with Crippen molar-refractivity contribution in [2.24, 2.45) is 7.05 Å². The van der Waals surface area contributed by atoms with E-state index in [0.717, 1.165) is 12.1 Å². The zero-order valence-electron chi connectivity index (χ0n) is 9.02. The minimum atomic E-state index is -1.03. The Kier molecular flexibility index (Phi) is 2.95. The van der Waals surface area contributed by atoms with E-state index in [1.165, 1.54) is 17.1 Å². The van der Waals surface area contributed by atoms with Gasteiger partial charge in [-0.1, -0.05) is 0 Å². The van der Waals surface area contributed by atoms with Gasteiger partial charge in [-0.3, -0.25) is 9.48 Å². The van der Waals surface area contributed by atoms with E-state index in [1.807, 2.05) is 0 Å². The Balaban J connectivity index is 2.20. The molecule has 0 saturated heterocycles. The quantitative estimate of drug-likeness (QED) is 0.760. The van der Waals surface area contributed by atoms with Gasteiger partial charge in [0.25, 0.3) is 0 Å². The predicted molar refractivity (Wildman–Crippen MR) is 55.4 cm³/mol. The van der Waals surface area contributed by atoms with Crippen LogP contribution in [0.5, 0.6) is 0 Å². The maximum absolute atomic E-state index is 12.9. The highest BCUT2D eigenvalue weighted by Crippen LogP contribution is 2.11. The maximum Gasteiger partial charge on any atom is 0.170 e. The van der Waals surface area contributed by atoms with Crippen molar-refractivity contribution < 1.29 is 13.6 Å². The Morgan fingerprint density at radius 2 is 2.12 bits per heavy atom. The van der Waals surface area contributed by atoms with Crippen molar-refractivity contribution in [3.63, 3.8) is 0 Å². The fourth-order valence-electron chi connectivity index (χ4n) is 1.40. The van der Waals surface area contributed by atoms with E-state index in [9.17, 15) is 13.6 Å². The number of carbonyl (C=O) groups excluding carboxylic acids is 1. The van der Waals surface area contributed by atoms with Crippen LogP contribution >= 0.6 is 0 Å². The molecule has 0 N–H and O–H groups in total. The van der Waals surface area contributed by atoms with Gasteiger partial charge in [-0.25, -0.2) is 13.8 Å². The highest BCUT2D eigenvalue weighted by molar-refractivity contribution is 5.97. The summed E-state index contributed by atoms with van der Waals surface area (Å²) < 4.78 is 27.1. The van der Waals surface area contributed by atoms with E-state index < -0.39 is 11.6 Å².